The molecule has 1 aliphatic rings. The SMILES string of the molecule is COC(=O)c1cc(CNC(=O)C2=NOC(c3ccccc3)C2)oc1C. The molecule has 2 heterocycles. The van der Waals surface area contributed by atoms with Crippen molar-refractivity contribution in [1.82, 2.24) is 5.32 Å². The van der Waals surface area contributed by atoms with Crippen molar-refractivity contribution in [2.45, 2.75) is 26.0 Å². The molecule has 130 valence electrons. The molecular weight excluding hydrogens is 324 g/mol. The minimum atomic E-state index is -0.474. The number of methoxy groups -OCH3 is 1. The lowest BCUT2D eigenvalue weighted by Gasteiger charge is -2.07. The molecule has 0 fully saturated rings. The van der Waals surface area contributed by atoms with E-state index in [-0.39, 0.29) is 18.6 Å². The molecule has 2 aromatic rings. The van der Waals surface area contributed by atoms with Gasteiger partial charge in [0.15, 0.2) is 6.10 Å². The Balaban J connectivity index is 1.56. The number of aryl methyl sites for hydroxylation is 1. The molecule has 0 saturated heterocycles. The predicted molar refractivity (Wildman–Crippen MR) is 89.0 cm³/mol. The normalized spacial score (nSPS) is 16.1. The Morgan fingerprint density at radius 2 is 2.08 bits per heavy atom. The molecule has 7 heteroatoms. The van der Waals surface area contributed by atoms with E-state index in [9.17, 15) is 9.59 Å². The summed E-state index contributed by atoms with van der Waals surface area (Å²) in [6.45, 7) is 1.81. The van der Waals surface area contributed by atoms with Crippen LogP contribution in [0.25, 0.3) is 0 Å². The highest BCUT2D eigenvalue weighted by Crippen LogP contribution is 2.27. The number of rotatable bonds is 5. The zero-order chi connectivity index (χ0) is 17.8. The fourth-order valence-corrected chi connectivity index (χ4v) is 2.57. The zero-order valence-electron chi connectivity index (χ0n) is 13.9. The molecule has 1 aliphatic heterocycles. The average molecular weight is 342 g/mol. The van der Waals surface area contributed by atoms with Gasteiger partial charge in [-0.3, -0.25) is 4.79 Å². The lowest BCUT2D eigenvalue weighted by atomic mass is 10.0. The van der Waals surface area contributed by atoms with E-state index < -0.39 is 5.97 Å². The summed E-state index contributed by atoms with van der Waals surface area (Å²) >= 11 is 0. The summed E-state index contributed by atoms with van der Waals surface area (Å²) in [6, 6.07) is 11.2. The molecule has 1 aromatic heterocycles. The van der Waals surface area contributed by atoms with Gasteiger partial charge in [0.1, 0.15) is 22.8 Å². The van der Waals surface area contributed by atoms with Gasteiger partial charge >= 0.3 is 5.97 Å². The number of esters is 1. The van der Waals surface area contributed by atoms with Gasteiger partial charge in [-0.15, -0.1) is 0 Å². The molecule has 7 nitrogen and oxygen atoms in total. The molecule has 0 radical (unpaired) electrons. The van der Waals surface area contributed by atoms with Crippen LogP contribution in [0, 0.1) is 6.92 Å². The zero-order valence-corrected chi connectivity index (χ0v) is 13.9. The number of ether oxygens (including phenoxy) is 1. The summed E-state index contributed by atoms with van der Waals surface area (Å²) in [7, 11) is 1.30. The van der Waals surface area contributed by atoms with Gasteiger partial charge in [0.25, 0.3) is 5.91 Å². The van der Waals surface area contributed by atoms with Gasteiger partial charge in [0.2, 0.25) is 0 Å². The Labute approximate surface area is 144 Å². The van der Waals surface area contributed by atoms with Crippen molar-refractivity contribution in [3.8, 4) is 0 Å². The summed E-state index contributed by atoms with van der Waals surface area (Å²) in [4.78, 5) is 29.1. The van der Waals surface area contributed by atoms with E-state index in [2.05, 4.69) is 15.2 Å². The maximum Gasteiger partial charge on any atom is 0.341 e. The number of amides is 1. The molecule has 25 heavy (non-hydrogen) atoms. The topological polar surface area (TPSA) is 90.1 Å². The van der Waals surface area contributed by atoms with Crippen LogP contribution < -0.4 is 5.32 Å². The fraction of sp³-hybridized carbons (Fsp3) is 0.278. The Morgan fingerprint density at radius 3 is 2.80 bits per heavy atom. The van der Waals surface area contributed by atoms with E-state index in [1.54, 1.807) is 13.0 Å². The van der Waals surface area contributed by atoms with Crippen LogP contribution in [0.15, 0.2) is 46.0 Å². The van der Waals surface area contributed by atoms with Crippen LogP contribution in [0.2, 0.25) is 0 Å². The van der Waals surface area contributed by atoms with Crippen LogP contribution in [0.5, 0.6) is 0 Å². The Kier molecular flexibility index (Phi) is 4.83. The quantitative estimate of drug-likeness (QED) is 0.843. The summed E-state index contributed by atoms with van der Waals surface area (Å²) in [5.41, 5.74) is 1.64. The minimum absolute atomic E-state index is 0.145. The second-order valence-corrected chi connectivity index (χ2v) is 5.60. The molecule has 1 aromatic carbocycles. The van der Waals surface area contributed by atoms with Crippen molar-refractivity contribution in [2.75, 3.05) is 7.11 Å². The van der Waals surface area contributed by atoms with Gasteiger partial charge in [0.05, 0.1) is 13.7 Å². The Morgan fingerprint density at radius 1 is 1.32 bits per heavy atom. The van der Waals surface area contributed by atoms with E-state index in [1.807, 2.05) is 30.3 Å². The van der Waals surface area contributed by atoms with Crippen molar-refractivity contribution >= 4 is 17.6 Å². The number of furan rings is 1. The summed E-state index contributed by atoms with van der Waals surface area (Å²) in [5.74, 6) is 0.109. The largest absolute Gasteiger partial charge is 0.465 e. The van der Waals surface area contributed by atoms with Crippen LogP contribution in [-0.4, -0.2) is 24.7 Å². The van der Waals surface area contributed by atoms with Crippen molar-refractivity contribution in [3.05, 3.63) is 59.0 Å². The highest BCUT2D eigenvalue weighted by Gasteiger charge is 2.27. The molecule has 0 bridgehead atoms. The average Bonchev–Trinajstić information content (AvgIpc) is 3.27. The van der Waals surface area contributed by atoms with Crippen molar-refractivity contribution in [3.63, 3.8) is 0 Å². The number of benzene rings is 1. The molecule has 1 N–H and O–H groups in total. The maximum atomic E-state index is 12.2. The third-order valence-corrected chi connectivity index (χ3v) is 3.90. The van der Waals surface area contributed by atoms with Crippen LogP contribution in [-0.2, 0) is 20.9 Å². The molecular formula is C18H18N2O5. The fourth-order valence-electron chi connectivity index (χ4n) is 2.57. The Bertz CT molecular complexity index is 810. The van der Waals surface area contributed by atoms with Gasteiger partial charge in [0, 0.05) is 6.42 Å². The second-order valence-electron chi connectivity index (χ2n) is 5.60. The predicted octanol–water partition coefficient (Wildman–Crippen LogP) is 2.51. The lowest BCUT2D eigenvalue weighted by Crippen LogP contribution is -2.29. The van der Waals surface area contributed by atoms with Crippen LogP contribution >= 0.6 is 0 Å². The Hall–Kier alpha value is -3.09. The number of oxime groups is 1. The first-order valence-electron chi connectivity index (χ1n) is 7.82. The van der Waals surface area contributed by atoms with Gasteiger partial charge in [-0.05, 0) is 18.6 Å². The number of hydrogen-bond acceptors (Lipinski definition) is 6. The minimum Gasteiger partial charge on any atom is -0.465 e. The van der Waals surface area contributed by atoms with E-state index >= 15 is 0 Å². The third kappa shape index (κ3) is 3.71. The van der Waals surface area contributed by atoms with Crippen LogP contribution in [0.3, 0.4) is 0 Å². The lowest BCUT2D eigenvalue weighted by molar-refractivity contribution is -0.115. The van der Waals surface area contributed by atoms with E-state index in [1.165, 1.54) is 7.11 Å². The highest BCUT2D eigenvalue weighted by molar-refractivity contribution is 6.39. The number of carbonyl (C=O) groups is 2. The van der Waals surface area contributed by atoms with Gasteiger partial charge < -0.3 is 19.3 Å². The number of hydrogen-bond donors (Lipinski definition) is 1. The maximum absolute atomic E-state index is 12.2. The molecule has 1 atom stereocenters. The first kappa shape index (κ1) is 16.8. The molecule has 0 spiro atoms. The van der Waals surface area contributed by atoms with E-state index in [4.69, 9.17) is 9.25 Å². The van der Waals surface area contributed by atoms with Crippen molar-refractivity contribution < 1.29 is 23.6 Å². The number of carbonyl (C=O) groups excluding carboxylic acids is 2. The van der Waals surface area contributed by atoms with Crippen LogP contribution in [0.1, 0.15) is 40.0 Å². The summed E-state index contributed by atoms with van der Waals surface area (Å²) in [5, 5.41) is 6.58. The van der Waals surface area contributed by atoms with Gasteiger partial charge in [-0.2, -0.15) is 0 Å². The number of nitrogens with one attached hydrogen (secondary N) is 1. The highest BCUT2D eigenvalue weighted by atomic mass is 16.6. The molecule has 1 unspecified atom stereocenters. The monoisotopic (exact) mass is 342 g/mol. The number of nitrogens with zero attached hydrogens (tertiary/aromatic N) is 1. The van der Waals surface area contributed by atoms with Crippen molar-refractivity contribution in [2.24, 2.45) is 5.16 Å². The summed E-state index contributed by atoms with van der Waals surface area (Å²) < 4.78 is 10.1. The van der Waals surface area contributed by atoms with Crippen LogP contribution in [0.4, 0.5) is 0 Å². The van der Waals surface area contributed by atoms with E-state index in [0.717, 1.165) is 5.56 Å². The van der Waals surface area contributed by atoms with Gasteiger partial charge in [-0.1, -0.05) is 35.5 Å². The smallest absolute Gasteiger partial charge is 0.341 e. The standard InChI is InChI=1S/C18H18N2O5/c1-11-14(18(22)23-2)8-13(24-11)10-19-17(21)15-9-16(25-20-15)12-6-4-3-5-7-12/h3-8,16H,9-10H2,1-2H3,(H,19,21). The molecule has 0 saturated carbocycles. The molecule has 3 rings (SSSR count). The van der Waals surface area contributed by atoms with Gasteiger partial charge in [-0.25, -0.2) is 4.79 Å². The first-order chi connectivity index (χ1) is 12.1. The molecule has 0 aliphatic carbocycles. The second kappa shape index (κ2) is 7.21. The van der Waals surface area contributed by atoms with E-state index in [0.29, 0.717) is 29.2 Å². The third-order valence-electron chi connectivity index (χ3n) is 3.90. The first-order valence-corrected chi connectivity index (χ1v) is 7.82. The van der Waals surface area contributed by atoms with Crippen molar-refractivity contribution in [1.29, 1.82) is 0 Å². The summed E-state index contributed by atoms with van der Waals surface area (Å²) in [6.07, 6.45) is 0.152. The molecule has 1 amide bonds.